The van der Waals surface area contributed by atoms with Gasteiger partial charge in [0.1, 0.15) is 11.4 Å². The Kier molecular flexibility index (Phi) is 4.88. The Morgan fingerprint density at radius 1 is 1.22 bits per heavy atom. The molecule has 1 aliphatic heterocycles. The maximum absolute atomic E-state index is 12.9. The van der Waals surface area contributed by atoms with E-state index >= 15 is 0 Å². The number of ether oxygens (including phenoxy) is 3. The first kappa shape index (κ1) is 18.1. The molecule has 1 N–H and O–H groups in total. The van der Waals surface area contributed by atoms with Crippen molar-refractivity contribution in [3.05, 3.63) is 57.9 Å². The van der Waals surface area contributed by atoms with E-state index in [1.807, 2.05) is 0 Å². The Labute approximate surface area is 151 Å². The summed E-state index contributed by atoms with van der Waals surface area (Å²) in [5.74, 6) is -1.92. The first-order valence-electron chi connectivity index (χ1n) is 7.70. The molecule has 2 aromatic rings. The van der Waals surface area contributed by atoms with Gasteiger partial charge in [-0.15, -0.1) is 0 Å². The molecule has 0 fully saturated rings. The minimum Gasteiger partial charge on any atom is -0.454 e. The van der Waals surface area contributed by atoms with Crippen molar-refractivity contribution in [2.45, 2.75) is 13.0 Å². The Bertz CT molecular complexity index is 914. The van der Waals surface area contributed by atoms with Crippen molar-refractivity contribution in [2.75, 3.05) is 12.1 Å². The van der Waals surface area contributed by atoms with E-state index in [2.05, 4.69) is 5.32 Å². The van der Waals surface area contributed by atoms with E-state index in [4.69, 9.17) is 14.2 Å². The molecule has 0 spiro atoms. The topological polar surface area (TPSA) is 117 Å². The van der Waals surface area contributed by atoms with Gasteiger partial charge in [-0.1, -0.05) is 0 Å². The fraction of sp³-hybridized carbons (Fsp3) is 0.176. The maximum Gasteiger partial charge on any atom is 0.346 e. The van der Waals surface area contributed by atoms with Gasteiger partial charge >= 0.3 is 5.97 Å². The van der Waals surface area contributed by atoms with Gasteiger partial charge in [0.15, 0.2) is 17.6 Å². The highest BCUT2D eigenvalue weighted by molar-refractivity contribution is 5.99. The van der Waals surface area contributed by atoms with Crippen molar-refractivity contribution in [2.24, 2.45) is 0 Å². The largest absolute Gasteiger partial charge is 0.454 e. The lowest BCUT2D eigenvalue weighted by atomic mass is 10.1. The molecule has 1 heterocycles. The summed E-state index contributed by atoms with van der Waals surface area (Å²) in [6.07, 6.45) is -1.26. The van der Waals surface area contributed by atoms with Crippen molar-refractivity contribution in [1.29, 1.82) is 0 Å². The summed E-state index contributed by atoms with van der Waals surface area (Å²) < 4.78 is 28.1. The van der Waals surface area contributed by atoms with Gasteiger partial charge in [-0.25, -0.2) is 9.18 Å². The summed E-state index contributed by atoms with van der Waals surface area (Å²) in [7, 11) is 0. The summed E-state index contributed by atoms with van der Waals surface area (Å²) in [5, 5.41) is 13.6. The van der Waals surface area contributed by atoms with Gasteiger partial charge in [0.05, 0.1) is 11.0 Å². The number of hydrogen-bond acceptors (Lipinski definition) is 7. The minimum atomic E-state index is -1.26. The number of carbonyl (C=O) groups excluding carboxylic acids is 2. The zero-order chi connectivity index (χ0) is 19.6. The third-order valence-electron chi connectivity index (χ3n) is 3.67. The second-order valence-electron chi connectivity index (χ2n) is 5.52. The first-order chi connectivity index (χ1) is 12.8. The van der Waals surface area contributed by atoms with E-state index in [1.54, 1.807) is 0 Å². The van der Waals surface area contributed by atoms with Crippen molar-refractivity contribution >= 4 is 23.3 Å². The van der Waals surface area contributed by atoms with Crippen LogP contribution >= 0.6 is 0 Å². The number of halogens is 1. The Morgan fingerprint density at radius 2 is 1.85 bits per heavy atom. The van der Waals surface area contributed by atoms with Crippen LogP contribution in [-0.4, -0.2) is 29.7 Å². The highest BCUT2D eigenvalue weighted by Crippen LogP contribution is 2.38. The molecular weight excluding hydrogens is 363 g/mol. The number of nitro groups is 1. The molecule has 2 aromatic carbocycles. The molecule has 27 heavy (non-hydrogen) atoms. The van der Waals surface area contributed by atoms with Gasteiger partial charge in [-0.05, 0) is 31.2 Å². The number of amides is 1. The summed E-state index contributed by atoms with van der Waals surface area (Å²) in [6.45, 7) is 1.18. The van der Waals surface area contributed by atoms with E-state index in [-0.39, 0.29) is 23.9 Å². The number of rotatable bonds is 5. The highest BCUT2D eigenvalue weighted by Gasteiger charge is 2.30. The summed E-state index contributed by atoms with van der Waals surface area (Å²) in [4.78, 5) is 34.9. The van der Waals surface area contributed by atoms with Crippen LogP contribution in [0.25, 0.3) is 0 Å². The smallest absolute Gasteiger partial charge is 0.346 e. The standard InChI is InChI=1S/C17H13FN2O7/c1-9(16(21)19-11-4-2-10(18)3-5-11)27-17(22)12-6-14-15(26-8-25-14)7-13(12)20(23)24/h2-7,9H,8H2,1H3,(H,19,21). The molecule has 1 unspecified atom stereocenters. The van der Waals surface area contributed by atoms with Gasteiger partial charge in [-0.3, -0.25) is 14.9 Å². The van der Waals surface area contributed by atoms with E-state index in [0.717, 1.165) is 24.3 Å². The van der Waals surface area contributed by atoms with E-state index in [1.165, 1.54) is 19.1 Å². The lowest BCUT2D eigenvalue weighted by Crippen LogP contribution is -2.30. The number of nitrogens with one attached hydrogen (secondary N) is 1. The lowest BCUT2D eigenvalue weighted by Gasteiger charge is -2.14. The van der Waals surface area contributed by atoms with Crippen molar-refractivity contribution in [1.82, 2.24) is 0 Å². The molecular formula is C17H13FN2O7. The second kappa shape index (κ2) is 7.28. The normalized spacial score (nSPS) is 13.0. The monoisotopic (exact) mass is 376 g/mol. The fourth-order valence-electron chi connectivity index (χ4n) is 2.30. The molecule has 0 radical (unpaired) electrons. The van der Waals surface area contributed by atoms with Gasteiger partial charge in [0, 0.05) is 11.8 Å². The molecule has 1 atom stereocenters. The number of anilines is 1. The molecule has 0 saturated heterocycles. The van der Waals surface area contributed by atoms with Crippen LogP contribution in [0.4, 0.5) is 15.8 Å². The van der Waals surface area contributed by atoms with Gasteiger partial charge in [-0.2, -0.15) is 0 Å². The third-order valence-corrected chi connectivity index (χ3v) is 3.67. The van der Waals surface area contributed by atoms with Crippen LogP contribution in [0.15, 0.2) is 36.4 Å². The molecule has 0 aliphatic carbocycles. The Hall–Kier alpha value is -3.69. The predicted octanol–water partition coefficient (Wildman–Crippen LogP) is 2.65. The summed E-state index contributed by atoms with van der Waals surface area (Å²) in [5.41, 5.74) is -0.598. The van der Waals surface area contributed by atoms with E-state index in [0.29, 0.717) is 5.69 Å². The van der Waals surface area contributed by atoms with Crippen LogP contribution in [0.2, 0.25) is 0 Å². The molecule has 3 rings (SSSR count). The number of benzene rings is 2. The lowest BCUT2D eigenvalue weighted by molar-refractivity contribution is -0.385. The number of nitro benzene ring substituents is 1. The SMILES string of the molecule is CC(OC(=O)c1cc2c(cc1[N+](=O)[O-])OCO2)C(=O)Nc1ccc(F)cc1. The average Bonchev–Trinajstić information content (AvgIpc) is 3.09. The minimum absolute atomic E-state index is 0.124. The zero-order valence-electron chi connectivity index (χ0n) is 13.9. The number of esters is 1. The first-order valence-corrected chi connectivity index (χ1v) is 7.70. The molecule has 0 aromatic heterocycles. The molecule has 10 heteroatoms. The number of hydrogen-bond donors (Lipinski definition) is 1. The van der Waals surface area contributed by atoms with Gasteiger partial charge in [0.25, 0.3) is 11.6 Å². The molecule has 140 valence electrons. The zero-order valence-corrected chi connectivity index (χ0v) is 13.9. The van der Waals surface area contributed by atoms with Gasteiger partial charge < -0.3 is 19.5 Å². The van der Waals surface area contributed by atoms with Gasteiger partial charge in [0.2, 0.25) is 6.79 Å². The van der Waals surface area contributed by atoms with Crippen LogP contribution < -0.4 is 14.8 Å². The molecule has 1 aliphatic rings. The van der Waals surface area contributed by atoms with Crippen LogP contribution in [0.1, 0.15) is 17.3 Å². The molecule has 9 nitrogen and oxygen atoms in total. The molecule has 0 bridgehead atoms. The predicted molar refractivity (Wildman–Crippen MR) is 89.1 cm³/mol. The third kappa shape index (κ3) is 3.94. The average molecular weight is 376 g/mol. The van der Waals surface area contributed by atoms with Crippen molar-refractivity contribution in [3.63, 3.8) is 0 Å². The van der Waals surface area contributed by atoms with Crippen LogP contribution in [0.5, 0.6) is 11.5 Å². The summed E-state index contributed by atoms with van der Waals surface area (Å²) >= 11 is 0. The number of fused-ring (bicyclic) bond motifs is 1. The van der Waals surface area contributed by atoms with Crippen molar-refractivity contribution in [3.8, 4) is 11.5 Å². The fourth-order valence-corrected chi connectivity index (χ4v) is 2.30. The molecule has 1 amide bonds. The van der Waals surface area contributed by atoms with E-state index in [9.17, 15) is 24.1 Å². The number of carbonyl (C=O) groups is 2. The Balaban J connectivity index is 1.73. The summed E-state index contributed by atoms with van der Waals surface area (Å²) in [6, 6.07) is 7.18. The second-order valence-corrected chi connectivity index (χ2v) is 5.52. The van der Waals surface area contributed by atoms with Crippen molar-refractivity contribution < 1.29 is 33.1 Å². The molecule has 0 saturated carbocycles. The maximum atomic E-state index is 12.9. The van der Waals surface area contributed by atoms with Crippen LogP contribution in [-0.2, 0) is 9.53 Å². The van der Waals surface area contributed by atoms with Crippen LogP contribution in [0, 0.1) is 15.9 Å². The Morgan fingerprint density at radius 3 is 2.48 bits per heavy atom. The van der Waals surface area contributed by atoms with Crippen LogP contribution in [0.3, 0.4) is 0 Å². The quantitative estimate of drug-likeness (QED) is 0.484. The highest BCUT2D eigenvalue weighted by atomic mass is 19.1. The van der Waals surface area contributed by atoms with E-state index < -0.39 is 34.4 Å². The number of nitrogens with zero attached hydrogens (tertiary/aromatic N) is 1.